The van der Waals surface area contributed by atoms with Crippen molar-refractivity contribution >= 4 is 27.0 Å². The highest BCUT2D eigenvalue weighted by Crippen LogP contribution is 2.21. The van der Waals surface area contributed by atoms with E-state index in [0.717, 1.165) is 21.1 Å². The second kappa shape index (κ2) is 4.53. The summed E-state index contributed by atoms with van der Waals surface area (Å²) in [4.78, 5) is 4.40. The van der Waals surface area contributed by atoms with Gasteiger partial charge in [0.25, 0.3) is 0 Å². The summed E-state index contributed by atoms with van der Waals surface area (Å²) in [6.45, 7) is 0. The molecule has 4 heteroatoms. The van der Waals surface area contributed by atoms with Crippen molar-refractivity contribution in [3.63, 3.8) is 0 Å². The molecule has 0 bridgehead atoms. The van der Waals surface area contributed by atoms with Crippen molar-refractivity contribution in [1.29, 1.82) is 0 Å². The number of hydrogen-bond donors (Lipinski definition) is 0. The number of rotatable bonds is 2. The van der Waals surface area contributed by atoms with Gasteiger partial charge in [-0.25, -0.2) is 9.37 Å². The Kier molecular flexibility index (Phi) is 2.88. The highest BCUT2D eigenvalue weighted by molar-refractivity contribution is 9.10. The average molecular weight is 306 g/mol. The maximum absolute atomic E-state index is 12.8. The van der Waals surface area contributed by atoms with E-state index in [1.807, 2.05) is 18.2 Å². The van der Waals surface area contributed by atoms with E-state index >= 15 is 0 Å². The highest BCUT2D eigenvalue weighted by atomic mass is 79.9. The summed E-state index contributed by atoms with van der Waals surface area (Å²) in [7, 11) is 0. The second-order valence-electron chi connectivity index (χ2n) is 4.02. The molecule has 0 aliphatic carbocycles. The van der Waals surface area contributed by atoms with Crippen molar-refractivity contribution < 1.29 is 8.81 Å². The fourth-order valence-corrected chi connectivity index (χ4v) is 2.15. The molecule has 0 atom stereocenters. The minimum absolute atomic E-state index is 0.236. The Balaban J connectivity index is 1.92. The lowest BCUT2D eigenvalue weighted by atomic mass is 10.1. The molecular weight excluding hydrogens is 297 g/mol. The molecule has 18 heavy (non-hydrogen) atoms. The number of halogens is 2. The van der Waals surface area contributed by atoms with Crippen LogP contribution in [0.15, 0.2) is 51.4 Å². The van der Waals surface area contributed by atoms with Crippen molar-refractivity contribution in [2.75, 3.05) is 0 Å². The summed E-state index contributed by atoms with van der Waals surface area (Å²) in [6.07, 6.45) is 0.562. The van der Waals surface area contributed by atoms with Crippen LogP contribution in [0.1, 0.15) is 11.5 Å². The minimum Gasteiger partial charge on any atom is -0.440 e. The average Bonchev–Trinajstić information content (AvgIpc) is 2.73. The molecule has 0 radical (unpaired) electrons. The summed E-state index contributed by atoms with van der Waals surface area (Å²) in [5, 5.41) is 0. The van der Waals surface area contributed by atoms with Crippen LogP contribution in [0.4, 0.5) is 4.39 Å². The van der Waals surface area contributed by atoms with Crippen LogP contribution in [0, 0.1) is 5.82 Å². The molecule has 0 amide bonds. The molecule has 0 aliphatic heterocycles. The first-order chi connectivity index (χ1) is 8.70. The monoisotopic (exact) mass is 305 g/mol. The number of benzene rings is 2. The molecule has 0 N–H and O–H groups in total. The maximum Gasteiger partial charge on any atom is 0.199 e. The third-order valence-electron chi connectivity index (χ3n) is 2.66. The van der Waals surface area contributed by atoms with E-state index in [4.69, 9.17) is 4.42 Å². The quantitative estimate of drug-likeness (QED) is 0.704. The summed E-state index contributed by atoms with van der Waals surface area (Å²) in [6, 6.07) is 12.0. The fraction of sp³-hybridized carbons (Fsp3) is 0.0714. The zero-order chi connectivity index (χ0) is 12.5. The van der Waals surface area contributed by atoms with Crippen LogP contribution in [0.2, 0.25) is 0 Å². The molecule has 0 aliphatic rings. The van der Waals surface area contributed by atoms with Gasteiger partial charge in [0.15, 0.2) is 11.5 Å². The number of hydrogen-bond acceptors (Lipinski definition) is 2. The Morgan fingerprint density at radius 2 is 1.89 bits per heavy atom. The largest absolute Gasteiger partial charge is 0.440 e. The standard InChI is InChI=1S/C14H9BrFNO/c15-10-3-6-13-12(8-10)17-14(18-13)7-9-1-4-11(16)5-2-9/h1-6,8H,7H2. The third kappa shape index (κ3) is 2.29. The SMILES string of the molecule is Fc1ccc(Cc2nc3cc(Br)ccc3o2)cc1. The van der Waals surface area contributed by atoms with Gasteiger partial charge in [-0.05, 0) is 35.9 Å². The van der Waals surface area contributed by atoms with Gasteiger partial charge in [0, 0.05) is 10.9 Å². The lowest BCUT2D eigenvalue weighted by Gasteiger charge is -1.96. The Hall–Kier alpha value is -1.68. The van der Waals surface area contributed by atoms with Gasteiger partial charge in [-0.15, -0.1) is 0 Å². The van der Waals surface area contributed by atoms with E-state index < -0.39 is 0 Å². The molecule has 0 unspecified atom stereocenters. The van der Waals surface area contributed by atoms with Gasteiger partial charge in [0.05, 0.1) is 0 Å². The van der Waals surface area contributed by atoms with Gasteiger partial charge in [0.1, 0.15) is 11.3 Å². The minimum atomic E-state index is -0.236. The lowest BCUT2D eigenvalue weighted by Crippen LogP contribution is -1.87. The van der Waals surface area contributed by atoms with E-state index in [1.54, 1.807) is 12.1 Å². The summed E-state index contributed by atoms with van der Waals surface area (Å²) in [5.74, 6) is 0.398. The molecule has 3 aromatic rings. The molecule has 2 nitrogen and oxygen atoms in total. The first kappa shape index (κ1) is 11.4. The van der Waals surface area contributed by atoms with Crippen molar-refractivity contribution in [2.45, 2.75) is 6.42 Å². The van der Waals surface area contributed by atoms with Gasteiger partial charge in [-0.1, -0.05) is 28.1 Å². The third-order valence-corrected chi connectivity index (χ3v) is 3.16. The summed E-state index contributed by atoms with van der Waals surface area (Å²) in [5.41, 5.74) is 2.55. The van der Waals surface area contributed by atoms with E-state index in [9.17, 15) is 4.39 Å². The van der Waals surface area contributed by atoms with E-state index in [2.05, 4.69) is 20.9 Å². The molecule has 0 saturated carbocycles. The molecule has 0 spiro atoms. The van der Waals surface area contributed by atoms with Crippen LogP contribution in [0.25, 0.3) is 11.1 Å². The molecule has 2 aromatic carbocycles. The van der Waals surface area contributed by atoms with E-state index in [0.29, 0.717) is 12.3 Å². The molecular formula is C14H9BrFNO. The molecule has 0 fully saturated rings. The lowest BCUT2D eigenvalue weighted by molar-refractivity contribution is 0.543. The first-order valence-electron chi connectivity index (χ1n) is 5.50. The van der Waals surface area contributed by atoms with Crippen LogP contribution in [0.5, 0.6) is 0 Å². The second-order valence-corrected chi connectivity index (χ2v) is 4.94. The zero-order valence-electron chi connectivity index (χ0n) is 9.36. The van der Waals surface area contributed by atoms with Crippen molar-refractivity contribution in [3.8, 4) is 0 Å². The maximum atomic E-state index is 12.8. The molecule has 90 valence electrons. The van der Waals surface area contributed by atoms with Crippen molar-refractivity contribution in [2.24, 2.45) is 0 Å². The van der Waals surface area contributed by atoms with E-state index in [1.165, 1.54) is 12.1 Å². The Labute approximate surface area is 112 Å². The predicted molar refractivity (Wildman–Crippen MR) is 70.9 cm³/mol. The molecule has 3 rings (SSSR count). The van der Waals surface area contributed by atoms with Crippen LogP contribution >= 0.6 is 15.9 Å². The van der Waals surface area contributed by atoms with Gasteiger partial charge < -0.3 is 4.42 Å². The predicted octanol–water partition coefficient (Wildman–Crippen LogP) is 4.32. The summed E-state index contributed by atoms with van der Waals surface area (Å²) >= 11 is 3.39. The molecule has 1 heterocycles. The Bertz CT molecular complexity index is 691. The molecule has 1 aromatic heterocycles. The Morgan fingerprint density at radius 1 is 1.11 bits per heavy atom. The number of oxazole rings is 1. The first-order valence-corrected chi connectivity index (χ1v) is 6.29. The fourth-order valence-electron chi connectivity index (χ4n) is 1.80. The highest BCUT2D eigenvalue weighted by Gasteiger charge is 2.07. The number of nitrogens with zero attached hydrogens (tertiary/aromatic N) is 1. The normalized spacial score (nSPS) is 11.0. The smallest absolute Gasteiger partial charge is 0.199 e. The van der Waals surface area contributed by atoms with Crippen LogP contribution < -0.4 is 0 Å². The zero-order valence-corrected chi connectivity index (χ0v) is 10.9. The number of fused-ring (bicyclic) bond motifs is 1. The van der Waals surface area contributed by atoms with Gasteiger partial charge >= 0.3 is 0 Å². The van der Waals surface area contributed by atoms with Crippen LogP contribution in [-0.4, -0.2) is 4.98 Å². The van der Waals surface area contributed by atoms with Gasteiger partial charge in [-0.2, -0.15) is 0 Å². The topological polar surface area (TPSA) is 26.0 Å². The molecule has 0 saturated heterocycles. The van der Waals surface area contributed by atoms with Crippen LogP contribution in [0.3, 0.4) is 0 Å². The number of aromatic nitrogens is 1. The summed E-state index contributed by atoms with van der Waals surface area (Å²) < 4.78 is 19.4. The Morgan fingerprint density at radius 3 is 2.67 bits per heavy atom. The van der Waals surface area contributed by atoms with Gasteiger partial charge in [-0.3, -0.25) is 0 Å². The van der Waals surface area contributed by atoms with Crippen molar-refractivity contribution in [1.82, 2.24) is 4.98 Å². The van der Waals surface area contributed by atoms with Gasteiger partial charge in [0.2, 0.25) is 0 Å². The van der Waals surface area contributed by atoms with E-state index in [-0.39, 0.29) is 5.82 Å². The van der Waals surface area contributed by atoms with Crippen LogP contribution in [-0.2, 0) is 6.42 Å². The van der Waals surface area contributed by atoms with Crippen molar-refractivity contribution in [3.05, 3.63) is 64.2 Å².